The Morgan fingerprint density at radius 1 is 1.20 bits per heavy atom. The SMILES string of the molecule is CCc1cc(C#N)ccc1Cc1coc2cnccc12. The quantitative estimate of drug-likeness (QED) is 0.720. The minimum Gasteiger partial charge on any atom is -0.462 e. The van der Waals surface area contributed by atoms with Gasteiger partial charge in [-0.2, -0.15) is 5.26 Å². The standard InChI is InChI=1S/C17H14N2O/c1-2-13-7-12(9-18)3-4-14(13)8-15-11-20-17-10-19-6-5-16(15)17/h3-7,10-11H,2,8H2,1H3. The maximum atomic E-state index is 8.97. The molecule has 3 aromatic rings. The maximum absolute atomic E-state index is 8.97. The molecular formula is C17H14N2O. The molecule has 3 nitrogen and oxygen atoms in total. The largest absolute Gasteiger partial charge is 0.462 e. The molecule has 0 saturated heterocycles. The molecule has 0 aliphatic heterocycles. The number of aryl methyl sites for hydroxylation is 1. The van der Waals surface area contributed by atoms with Crippen LogP contribution in [0, 0.1) is 11.3 Å². The zero-order valence-corrected chi connectivity index (χ0v) is 11.3. The van der Waals surface area contributed by atoms with Gasteiger partial charge in [-0.15, -0.1) is 0 Å². The predicted octanol–water partition coefficient (Wildman–Crippen LogP) is 3.85. The van der Waals surface area contributed by atoms with Crippen LogP contribution in [0.25, 0.3) is 11.0 Å². The van der Waals surface area contributed by atoms with E-state index in [1.54, 1.807) is 18.7 Å². The molecule has 2 aromatic heterocycles. The van der Waals surface area contributed by atoms with E-state index in [4.69, 9.17) is 9.68 Å². The molecule has 0 saturated carbocycles. The smallest absolute Gasteiger partial charge is 0.152 e. The summed E-state index contributed by atoms with van der Waals surface area (Å²) < 4.78 is 5.52. The number of hydrogen-bond acceptors (Lipinski definition) is 3. The Bertz CT molecular complexity index is 796. The van der Waals surface area contributed by atoms with E-state index in [0.717, 1.165) is 29.4 Å². The molecule has 0 radical (unpaired) electrons. The summed E-state index contributed by atoms with van der Waals surface area (Å²) in [5, 5.41) is 10.1. The van der Waals surface area contributed by atoms with Gasteiger partial charge in [-0.05, 0) is 35.7 Å². The highest BCUT2D eigenvalue weighted by Crippen LogP contribution is 2.24. The first-order valence-electron chi connectivity index (χ1n) is 6.63. The summed E-state index contributed by atoms with van der Waals surface area (Å²) in [6, 6.07) is 10.1. The number of fused-ring (bicyclic) bond motifs is 1. The first kappa shape index (κ1) is 12.4. The van der Waals surface area contributed by atoms with Gasteiger partial charge in [0, 0.05) is 23.6 Å². The average molecular weight is 262 g/mol. The van der Waals surface area contributed by atoms with Crippen LogP contribution in [0.5, 0.6) is 0 Å². The Kier molecular flexibility index (Phi) is 3.22. The van der Waals surface area contributed by atoms with Crippen LogP contribution < -0.4 is 0 Å². The van der Waals surface area contributed by atoms with Crippen LogP contribution in [-0.2, 0) is 12.8 Å². The van der Waals surface area contributed by atoms with Crippen molar-refractivity contribution >= 4 is 11.0 Å². The van der Waals surface area contributed by atoms with Crippen LogP contribution in [-0.4, -0.2) is 4.98 Å². The molecule has 0 spiro atoms. The molecule has 0 amide bonds. The molecule has 98 valence electrons. The summed E-state index contributed by atoms with van der Waals surface area (Å²) >= 11 is 0. The number of aromatic nitrogens is 1. The van der Waals surface area contributed by atoms with E-state index in [-0.39, 0.29) is 0 Å². The molecule has 1 aromatic carbocycles. The molecule has 0 fully saturated rings. The van der Waals surface area contributed by atoms with Crippen molar-refractivity contribution in [1.82, 2.24) is 4.98 Å². The minimum absolute atomic E-state index is 0.715. The third-order valence-corrected chi connectivity index (χ3v) is 3.56. The lowest BCUT2D eigenvalue weighted by Gasteiger charge is -2.07. The van der Waals surface area contributed by atoms with E-state index in [2.05, 4.69) is 18.0 Å². The summed E-state index contributed by atoms with van der Waals surface area (Å²) in [4.78, 5) is 4.06. The van der Waals surface area contributed by atoms with Crippen LogP contribution in [0.15, 0.2) is 47.3 Å². The topological polar surface area (TPSA) is 49.8 Å². The third-order valence-electron chi connectivity index (χ3n) is 3.56. The Morgan fingerprint density at radius 3 is 2.90 bits per heavy atom. The fourth-order valence-corrected chi connectivity index (χ4v) is 2.48. The number of benzene rings is 1. The van der Waals surface area contributed by atoms with Gasteiger partial charge in [0.15, 0.2) is 5.58 Å². The van der Waals surface area contributed by atoms with Crippen molar-refractivity contribution in [2.45, 2.75) is 19.8 Å². The Balaban J connectivity index is 2.01. The van der Waals surface area contributed by atoms with E-state index in [0.29, 0.717) is 5.56 Å². The number of furan rings is 1. The second-order valence-electron chi connectivity index (χ2n) is 4.76. The summed E-state index contributed by atoms with van der Waals surface area (Å²) in [6.07, 6.45) is 7.04. The Labute approximate surface area is 117 Å². The second-order valence-corrected chi connectivity index (χ2v) is 4.76. The highest BCUT2D eigenvalue weighted by molar-refractivity contribution is 5.80. The van der Waals surface area contributed by atoms with Gasteiger partial charge in [0.25, 0.3) is 0 Å². The lowest BCUT2D eigenvalue weighted by atomic mass is 9.96. The molecule has 0 aliphatic carbocycles. The van der Waals surface area contributed by atoms with E-state index in [1.807, 2.05) is 24.3 Å². The summed E-state index contributed by atoms with van der Waals surface area (Å²) in [7, 11) is 0. The summed E-state index contributed by atoms with van der Waals surface area (Å²) in [6.45, 7) is 2.11. The Hall–Kier alpha value is -2.60. The van der Waals surface area contributed by atoms with Gasteiger partial charge in [0.1, 0.15) is 0 Å². The molecular weight excluding hydrogens is 248 g/mol. The number of pyridine rings is 1. The van der Waals surface area contributed by atoms with Gasteiger partial charge in [0.2, 0.25) is 0 Å². The maximum Gasteiger partial charge on any atom is 0.152 e. The first-order valence-corrected chi connectivity index (χ1v) is 6.63. The van der Waals surface area contributed by atoms with Crippen LogP contribution >= 0.6 is 0 Å². The fraction of sp³-hybridized carbons (Fsp3) is 0.176. The predicted molar refractivity (Wildman–Crippen MR) is 77.4 cm³/mol. The molecule has 3 heteroatoms. The summed E-state index contributed by atoms with van der Waals surface area (Å²) in [5.41, 5.74) is 5.14. The molecule has 20 heavy (non-hydrogen) atoms. The van der Waals surface area contributed by atoms with Crippen molar-refractivity contribution < 1.29 is 4.42 Å². The van der Waals surface area contributed by atoms with Crippen molar-refractivity contribution in [2.24, 2.45) is 0 Å². The lowest BCUT2D eigenvalue weighted by Crippen LogP contribution is -1.95. The summed E-state index contributed by atoms with van der Waals surface area (Å²) in [5.74, 6) is 0. The van der Waals surface area contributed by atoms with Gasteiger partial charge in [-0.1, -0.05) is 13.0 Å². The van der Waals surface area contributed by atoms with Crippen molar-refractivity contribution in [2.75, 3.05) is 0 Å². The van der Waals surface area contributed by atoms with E-state index >= 15 is 0 Å². The number of nitriles is 1. The van der Waals surface area contributed by atoms with Crippen molar-refractivity contribution in [3.63, 3.8) is 0 Å². The van der Waals surface area contributed by atoms with Crippen molar-refractivity contribution in [1.29, 1.82) is 5.26 Å². The Morgan fingerprint density at radius 2 is 2.10 bits per heavy atom. The molecule has 0 N–H and O–H groups in total. The third kappa shape index (κ3) is 2.17. The molecule has 0 bridgehead atoms. The lowest BCUT2D eigenvalue weighted by molar-refractivity contribution is 0.610. The van der Waals surface area contributed by atoms with Gasteiger partial charge in [0.05, 0.1) is 24.1 Å². The van der Waals surface area contributed by atoms with E-state index in [9.17, 15) is 0 Å². The average Bonchev–Trinajstić information content (AvgIpc) is 2.91. The van der Waals surface area contributed by atoms with Crippen LogP contribution in [0.4, 0.5) is 0 Å². The molecule has 0 atom stereocenters. The normalized spacial score (nSPS) is 10.6. The van der Waals surface area contributed by atoms with Crippen LogP contribution in [0.3, 0.4) is 0 Å². The molecule has 0 aliphatic rings. The van der Waals surface area contributed by atoms with Crippen LogP contribution in [0.1, 0.15) is 29.2 Å². The van der Waals surface area contributed by atoms with Crippen molar-refractivity contribution in [3.05, 3.63) is 65.2 Å². The number of rotatable bonds is 3. The number of hydrogen-bond donors (Lipinski definition) is 0. The second kappa shape index (κ2) is 5.18. The molecule has 0 unspecified atom stereocenters. The van der Waals surface area contributed by atoms with Gasteiger partial charge in [-0.25, -0.2) is 0 Å². The zero-order chi connectivity index (χ0) is 13.9. The van der Waals surface area contributed by atoms with E-state index in [1.165, 1.54) is 11.1 Å². The minimum atomic E-state index is 0.715. The molecule has 2 heterocycles. The number of nitrogens with zero attached hydrogens (tertiary/aromatic N) is 2. The monoisotopic (exact) mass is 262 g/mol. The van der Waals surface area contributed by atoms with Gasteiger partial charge < -0.3 is 4.42 Å². The fourth-order valence-electron chi connectivity index (χ4n) is 2.48. The highest BCUT2D eigenvalue weighted by atomic mass is 16.3. The van der Waals surface area contributed by atoms with Crippen molar-refractivity contribution in [3.8, 4) is 6.07 Å². The van der Waals surface area contributed by atoms with Crippen LogP contribution in [0.2, 0.25) is 0 Å². The zero-order valence-electron chi connectivity index (χ0n) is 11.3. The first-order chi connectivity index (χ1) is 9.81. The highest BCUT2D eigenvalue weighted by Gasteiger charge is 2.09. The van der Waals surface area contributed by atoms with Gasteiger partial charge in [-0.3, -0.25) is 4.98 Å². The van der Waals surface area contributed by atoms with E-state index < -0.39 is 0 Å². The molecule has 3 rings (SSSR count). The van der Waals surface area contributed by atoms with Gasteiger partial charge >= 0.3 is 0 Å².